The lowest BCUT2D eigenvalue weighted by atomic mass is 10.1. The first-order chi connectivity index (χ1) is 13.9. The molecule has 6 heteroatoms. The fourth-order valence-corrected chi connectivity index (χ4v) is 3.69. The van der Waals surface area contributed by atoms with Crippen LogP contribution in [0.25, 0.3) is 11.0 Å². The highest BCUT2D eigenvalue weighted by Crippen LogP contribution is 2.23. The zero-order chi connectivity index (χ0) is 20.5. The van der Waals surface area contributed by atoms with E-state index in [4.69, 9.17) is 0 Å². The smallest absolute Gasteiger partial charge is 0.231 e. The summed E-state index contributed by atoms with van der Waals surface area (Å²) in [5.74, 6) is 0.476. The van der Waals surface area contributed by atoms with Gasteiger partial charge in [0.1, 0.15) is 0 Å². The Labute approximate surface area is 170 Å². The molecule has 1 amide bonds. The number of imidazole rings is 1. The van der Waals surface area contributed by atoms with Crippen LogP contribution in [-0.4, -0.2) is 25.2 Å². The number of carbonyl (C=O) groups is 1. The van der Waals surface area contributed by atoms with Crippen LogP contribution in [0.4, 0.5) is 5.95 Å². The fourth-order valence-electron chi connectivity index (χ4n) is 3.69. The Bertz CT molecular complexity index is 1200. The monoisotopic (exact) mass is 387 g/mol. The van der Waals surface area contributed by atoms with E-state index in [1.165, 1.54) is 11.1 Å². The highest BCUT2D eigenvalue weighted by Gasteiger charge is 2.17. The fraction of sp³-hybridized carbons (Fsp3) is 0.261. The predicted octanol–water partition coefficient (Wildman–Crippen LogP) is 3.92. The van der Waals surface area contributed by atoms with Crippen molar-refractivity contribution in [2.75, 3.05) is 5.32 Å². The Morgan fingerprint density at radius 1 is 1.03 bits per heavy atom. The number of carbonyl (C=O) groups excluding carboxylic acids is 1. The number of para-hydroxylation sites is 2. The van der Waals surface area contributed by atoms with Crippen LogP contribution in [-0.2, 0) is 24.8 Å². The minimum Gasteiger partial charge on any atom is -0.305 e. The molecular weight excluding hydrogens is 362 g/mol. The summed E-state index contributed by atoms with van der Waals surface area (Å²) in [6.45, 7) is 6.66. The highest BCUT2D eigenvalue weighted by atomic mass is 16.1. The quantitative estimate of drug-likeness (QED) is 0.564. The molecule has 0 unspecified atom stereocenters. The maximum atomic E-state index is 12.8. The number of rotatable bonds is 5. The predicted molar refractivity (Wildman–Crippen MR) is 115 cm³/mol. The summed E-state index contributed by atoms with van der Waals surface area (Å²) in [5.41, 5.74) is 7.13. The number of benzene rings is 2. The largest absolute Gasteiger partial charge is 0.305 e. The van der Waals surface area contributed by atoms with Crippen LogP contribution < -0.4 is 5.32 Å². The van der Waals surface area contributed by atoms with E-state index >= 15 is 0 Å². The van der Waals surface area contributed by atoms with E-state index in [-0.39, 0.29) is 12.3 Å². The number of fused-ring (bicyclic) bond motifs is 1. The van der Waals surface area contributed by atoms with Gasteiger partial charge in [-0.15, -0.1) is 0 Å². The molecule has 4 aromatic rings. The van der Waals surface area contributed by atoms with E-state index in [1.807, 2.05) is 62.0 Å². The summed E-state index contributed by atoms with van der Waals surface area (Å²) in [6, 6.07) is 16.2. The van der Waals surface area contributed by atoms with E-state index in [0.29, 0.717) is 12.5 Å². The van der Waals surface area contributed by atoms with E-state index in [0.717, 1.165) is 28.0 Å². The molecule has 4 rings (SSSR count). The van der Waals surface area contributed by atoms with Crippen molar-refractivity contribution in [3.8, 4) is 0 Å². The first-order valence-electron chi connectivity index (χ1n) is 9.72. The molecule has 0 aliphatic carbocycles. The van der Waals surface area contributed by atoms with Gasteiger partial charge in [0.15, 0.2) is 0 Å². The Hall–Kier alpha value is -3.41. The van der Waals surface area contributed by atoms with Gasteiger partial charge in [0.2, 0.25) is 11.9 Å². The third kappa shape index (κ3) is 3.66. The van der Waals surface area contributed by atoms with Crippen LogP contribution in [0, 0.1) is 20.8 Å². The Morgan fingerprint density at radius 2 is 1.76 bits per heavy atom. The molecule has 2 aromatic carbocycles. The summed E-state index contributed by atoms with van der Waals surface area (Å²) in [7, 11) is 1.89. The van der Waals surface area contributed by atoms with Crippen molar-refractivity contribution in [3.05, 3.63) is 76.6 Å². The topological polar surface area (TPSA) is 64.7 Å². The molecule has 0 saturated heterocycles. The second kappa shape index (κ2) is 7.54. The molecule has 0 aliphatic rings. The minimum absolute atomic E-state index is 0.0921. The summed E-state index contributed by atoms with van der Waals surface area (Å²) < 4.78 is 3.88. The van der Waals surface area contributed by atoms with Crippen molar-refractivity contribution in [1.82, 2.24) is 19.3 Å². The van der Waals surface area contributed by atoms with Gasteiger partial charge in [-0.25, -0.2) is 4.98 Å². The van der Waals surface area contributed by atoms with E-state index in [2.05, 4.69) is 39.0 Å². The van der Waals surface area contributed by atoms with Crippen LogP contribution in [0.2, 0.25) is 0 Å². The summed E-state index contributed by atoms with van der Waals surface area (Å²) in [6.07, 6.45) is 0.277. The molecule has 148 valence electrons. The number of hydrogen-bond donors (Lipinski definition) is 1. The van der Waals surface area contributed by atoms with Gasteiger partial charge >= 0.3 is 0 Å². The highest BCUT2D eigenvalue weighted by molar-refractivity contribution is 5.93. The number of nitrogens with zero attached hydrogens (tertiary/aromatic N) is 4. The summed E-state index contributed by atoms with van der Waals surface area (Å²) in [5, 5.41) is 7.43. The molecule has 1 N–H and O–H groups in total. The van der Waals surface area contributed by atoms with Crippen molar-refractivity contribution >= 4 is 22.9 Å². The van der Waals surface area contributed by atoms with Crippen LogP contribution in [0.15, 0.2) is 48.5 Å². The molecule has 0 fully saturated rings. The number of aryl methyl sites for hydroxylation is 3. The van der Waals surface area contributed by atoms with Crippen LogP contribution >= 0.6 is 0 Å². The van der Waals surface area contributed by atoms with E-state index in [1.54, 1.807) is 0 Å². The summed E-state index contributed by atoms with van der Waals surface area (Å²) in [4.78, 5) is 17.5. The lowest BCUT2D eigenvalue weighted by molar-refractivity contribution is -0.115. The molecule has 0 aliphatic heterocycles. The van der Waals surface area contributed by atoms with Gasteiger partial charge in [0.05, 0.1) is 29.7 Å². The minimum atomic E-state index is -0.0921. The standard InChI is InChI=1S/C23H25N5O/c1-15-9-5-6-10-18(15)14-28-21-12-8-7-11-20(21)24-23(28)25-22(29)13-19-16(2)26-27(4)17(19)3/h5-12H,13-14H2,1-4H3,(H,24,25,29). The van der Waals surface area contributed by atoms with Crippen LogP contribution in [0.1, 0.15) is 28.1 Å². The first kappa shape index (κ1) is 18.9. The molecule has 0 atom stereocenters. The maximum absolute atomic E-state index is 12.8. The van der Waals surface area contributed by atoms with Gasteiger partial charge in [0, 0.05) is 18.3 Å². The molecule has 0 spiro atoms. The van der Waals surface area contributed by atoms with Gasteiger partial charge in [-0.3, -0.25) is 14.8 Å². The molecule has 0 saturated carbocycles. The number of nitrogens with one attached hydrogen (secondary N) is 1. The molecule has 0 radical (unpaired) electrons. The molecule has 29 heavy (non-hydrogen) atoms. The van der Waals surface area contributed by atoms with Crippen molar-refractivity contribution in [3.63, 3.8) is 0 Å². The third-order valence-electron chi connectivity index (χ3n) is 5.49. The average molecular weight is 387 g/mol. The second-order valence-corrected chi connectivity index (χ2v) is 7.43. The number of anilines is 1. The van der Waals surface area contributed by atoms with Gasteiger partial charge in [-0.05, 0) is 44.0 Å². The van der Waals surface area contributed by atoms with Crippen LogP contribution in [0.5, 0.6) is 0 Å². The average Bonchev–Trinajstić information content (AvgIpc) is 3.15. The normalized spacial score (nSPS) is 11.2. The molecule has 2 aromatic heterocycles. The van der Waals surface area contributed by atoms with Gasteiger partial charge in [-0.1, -0.05) is 36.4 Å². The van der Waals surface area contributed by atoms with Crippen molar-refractivity contribution in [1.29, 1.82) is 0 Å². The Balaban J connectivity index is 1.66. The van der Waals surface area contributed by atoms with Gasteiger partial charge < -0.3 is 4.57 Å². The number of hydrogen-bond acceptors (Lipinski definition) is 3. The number of amides is 1. The maximum Gasteiger partial charge on any atom is 0.231 e. The molecule has 0 bridgehead atoms. The zero-order valence-electron chi connectivity index (χ0n) is 17.2. The first-order valence-corrected chi connectivity index (χ1v) is 9.72. The zero-order valence-corrected chi connectivity index (χ0v) is 17.2. The van der Waals surface area contributed by atoms with Gasteiger partial charge in [-0.2, -0.15) is 5.10 Å². The van der Waals surface area contributed by atoms with Crippen molar-refractivity contribution in [2.45, 2.75) is 33.7 Å². The SMILES string of the molecule is Cc1ccccc1Cn1c(NC(=O)Cc2c(C)nn(C)c2C)nc2ccccc21. The Kier molecular flexibility index (Phi) is 4.92. The lowest BCUT2D eigenvalue weighted by Gasteiger charge is -2.12. The molecule has 6 nitrogen and oxygen atoms in total. The lowest BCUT2D eigenvalue weighted by Crippen LogP contribution is -2.19. The second-order valence-electron chi connectivity index (χ2n) is 7.43. The van der Waals surface area contributed by atoms with Crippen LogP contribution in [0.3, 0.4) is 0 Å². The summed E-state index contributed by atoms with van der Waals surface area (Å²) >= 11 is 0. The molecular formula is C23H25N5O. The van der Waals surface area contributed by atoms with Crippen molar-refractivity contribution < 1.29 is 4.79 Å². The van der Waals surface area contributed by atoms with Crippen molar-refractivity contribution in [2.24, 2.45) is 7.05 Å². The third-order valence-corrected chi connectivity index (χ3v) is 5.49. The van der Waals surface area contributed by atoms with E-state index < -0.39 is 0 Å². The Morgan fingerprint density at radius 3 is 2.48 bits per heavy atom. The number of aromatic nitrogens is 4. The van der Waals surface area contributed by atoms with Gasteiger partial charge in [0.25, 0.3) is 0 Å². The van der Waals surface area contributed by atoms with E-state index in [9.17, 15) is 4.79 Å². The molecule has 2 heterocycles.